The number of hydrogen-bond donors (Lipinski definition) is 1. The maximum absolute atomic E-state index is 12.4. The van der Waals surface area contributed by atoms with Gasteiger partial charge in [-0.05, 0) is 50.5 Å². The molecule has 138 valence electrons. The summed E-state index contributed by atoms with van der Waals surface area (Å²) >= 11 is 0. The lowest BCUT2D eigenvalue weighted by molar-refractivity contribution is 0.0224. The van der Waals surface area contributed by atoms with Gasteiger partial charge in [0.25, 0.3) is 0 Å². The van der Waals surface area contributed by atoms with E-state index in [2.05, 4.69) is 11.0 Å². The average molecular weight is 365 g/mol. The van der Waals surface area contributed by atoms with Crippen molar-refractivity contribution in [2.45, 2.75) is 39.3 Å². The summed E-state index contributed by atoms with van der Waals surface area (Å²) < 4.78 is 17.1. The zero-order valence-corrected chi connectivity index (χ0v) is 16.0. The molecule has 3 rings (SSSR count). The molecule has 0 atom stereocenters. The van der Waals surface area contributed by atoms with Gasteiger partial charge in [-0.15, -0.1) is 0 Å². The van der Waals surface area contributed by atoms with Crippen molar-refractivity contribution in [2.75, 3.05) is 41.8 Å². The van der Waals surface area contributed by atoms with E-state index in [9.17, 15) is 9.00 Å². The zero-order valence-electron chi connectivity index (χ0n) is 15.2. The predicted molar refractivity (Wildman–Crippen MR) is 101 cm³/mol. The normalized spacial score (nSPS) is 18.8. The molecule has 0 unspecified atom stereocenters. The Labute approximate surface area is 151 Å². The van der Waals surface area contributed by atoms with Crippen LogP contribution in [0.5, 0.6) is 0 Å². The number of rotatable bonds is 1. The number of nitrogens with zero attached hydrogens (tertiary/aromatic N) is 2. The fraction of sp³-hybridized carbons (Fsp3) is 0.611. The van der Waals surface area contributed by atoms with Gasteiger partial charge in [-0.1, -0.05) is 0 Å². The number of carbonyl (C=O) groups is 1. The van der Waals surface area contributed by atoms with Gasteiger partial charge in [0.15, 0.2) is 0 Å². The van der Waals surface area contributed by atoms with Crippen molar-refractivity contribution < 1.29 is 13.7 Å². The molecule has 0 spiro atoms. The topological polar surface area (TPSA) is 75.9 Å². The predicted octanol–water partition coefficient (Wildman–Crippen LogP) is 2.13. The van der Waals surface area contributed by atoms with Gasteiger partial charge in [0.2, 0.25) is 0 Å². The van der Waals surface area contributed by atoms with Crippen molar-refractivity contribution >= 4 is 28.3 Å². The Morgan fingerprint density at radius 1 is 1.16 bits per heavy atom. The van der Waals surface area contributed by atoms with Crippen LogP contribution in [0.1, 0.15) is 31.9 Å². The van der Waals surface area contributed by atoms with E-state index in [0.29, 0.717) is 30.3 Å². The lowest BCUT2D eigenvalue weighted by Crippen LogP contribution is -2.42. The summed E-state index contributed by atoms with van der Waals surface area (Å²) in [6, 6.07) is 3.98. The Kier molecular flexibility index (Phi) is 4.95. The molecule has 1 saturated heterocycles. The molecule has 1 fully saturated rings. The fourth-order valence-electron chi connectivity index (χ4n) is 3.34. The Morgan fingerprint density at radius 3 is 2.48 bits per heavy atom. The fourth-order valence-corrected chi connectivity index (χ4v) is 4.39. The second-order valence-corrected chi connectivity index (χ2v) is 9.31. The number of hydrogen-bond acceptors (Lipinski definition) is 5. The van der Waals surface area contributed by atoms with E-state index in [1.807, 2.05) is 26.8 Å². The van der Waals surface area contributed by atoms with Crippen LogP contribution in [0.3, 0.4) is 0 Å². The Hall–Kier alpha value is -1.76. The maximum Gasteiger partial charge on any atom is 0.410 e. The molecule has 1 amide bonds. The third-order valence-electron chi connectivity index (χ3n) is 4.59. The molecule has 0 bridgehead atoms. The van der Waals surface area contributed by atoms with Crippen LogP contribution in [0.25, 0.3) is 0 Å². The summed E-state index contributed by atoms with van der Waals surface area (Å²) in [4.78, 5) is 16.4. The number of nitrogen functional groups attached to an aromatic ring is 1. The molecule has 1 aromatic rings. The van der Waals surface area contributed by atoms with Crippen molar-refractivity contribution in [3.63, 3.8) is 0 Å². The monoisotopic (exact) mass is 365 g/mol. The SMILES string of the molecule is CC(C)(C)OC(=O)N1CCc2c(N3CCS(=O)CC3)ccc(N)c2C1. The first kappa shape index (κ1) is 18.0. The van der Waals surface area contributed by atoms with Crippen molar-refractivity contribution in [1.29, 1.82) is 0 Å². The molecule has 1 aromatic carbocycles. The first-order chi connectivity index (χ1) is 11.7. The van der Waals surface area contributed by atoms with Crippen LogP contribution in [0.15, 0.2) is 12.1 Å². The number of benzene rings is 1. The van der Waals surface area contributed by atoms with E-state index >= 15 is 0 Å². The number of anilines is 2. The summed E-state index contributed by atoms with van der Waals surface area (Å²) in [6.45, 7) is 8.32. The lowest BCUT2D eigenvalue weighted by atomic mass is 9.95. The van der Waals surface area contributed by atoms with E-state index < -0.39 is 16.4 Å². The Balaban J connectivity index is 1.82. The highest BCUT2D eigenvalue weighted by Crippen LogP contribution is 2.34. The highest BCUT2D eigenvalue weighted by molar-refractivity contribution is 7.85. The molecular weight excluding hydrogens is 338 g/mol. The van der Waals surface area contributed by atoms with Crippen molar-refractivity contribution in [3.8, 4) is 0 Å². The molecule has 7 heteroatoms. The molecule has 2 aliphatic heterocycles. The van der Waals surface area contributed by atoms with E-state index in [-0.39, 0.29) is 6.09 Å². The van der Waals surface area contributed by atoms with Crippen molar-refractivity contribution in [3.05, 3.63) is 23.3 Å². The van der Waals surface area contributed by atoms with Crippen LogP contribution in [0.2, 0.25) is 0 Å². The summed E-state index contributed by atoms with van der Waals surface area (Å²) in [5.41, 5.74) is 9.82. The summed E-state index contributed by atoms with van der Waals surface area (Å²) in [7, 11) is -0.698. The minimum Gasteiger partial charge on any atom is -0.444 e. The smallest absolute Gasteiger partial charge is 0.410 e. The van der Waals surface area contributed by atoms with Crippen LogP contribution in [0.4, 0.5) is 16.2 Å². The van der Waals surface area contributed by atoms with Crippen LogP contribution in [0, 0.1) is 0 Å². The molecule has 0 saturated carbocycles. The highest BCUT2D eigenvalue weighted by Gasteiger charge is 2.29. The maximum atomic E-state index is 12.4. The van der Waals surface area contributed by atoms with Gasteiger partial charge in [0.05, 0.1) is 6.54 Å². The molecule has 0 radical (unpaired) electrons. The minimum atomic E-state index is -0.698. The summed E-state index contributed by atoms with van der Waals surface area (Å²) in [5.74, 6) is 1.42. The molecule has 6 nitrogen and oxygen atoms in total. The van der Waals surface area contributed by atoms with Gasteiger partial charge in [0.1, 0.15) is 5.60 Å². The van der Waals surface area contributed by atoms with Crippen LogP contribution >= 0.6 is 0 Å². The van der Waals surface area contributed by atoms with Crippen molar-refractivity contribution in [2.24, 2.45) is 0 Å². The van der Waals surface area contributed by atoms with Gasteiger partial charge >= 0.3 is 6.09 Å². The minimum absolute atomic E-state index is 0.295. The van der Waals surface area contributed by atoms with Gasteiger partial charge in [0, 0.05) is 53.3 Å². The zero-order chi connectivity index (χ0) is 18.2. The lowest BCUT2D eigenvalue weighted by Gasteiger charge is -2.36. The van der Waals surface area contributed by atoms with Crippen molar-refractivity contribution in [1.82, 2.24) is 4.90 Å². The quantitative estimate of drug-likeness (QED) is 0.772. The van der Waals surface area contributed by atoms with E-state index in [1.165, 1.54) is 11.3 Å². The molecule has 0 aliphatic carbocycles. The second kappa shape index (κ2) is 6.86. The third kappa shape index (κ3) is 4.08. The van der Waals surface area contributed by atoms with Gasteiger partial charge < -0.3 is 20.3 Å². The number of nitrogens with two attached hydrogens (primary N) is 1. The second-order valence-electron chi connectivity index (χ2n) is 7.62. The summed E-state index contributed by atoms with van der Waals surface area (Å²) in [6.07, 6.45) is 0.463. The van der Waals surface area contributed by atoms with Gasteiger partial charge in [-0.2, -0.15) is 0 Å². The third-order valence-corrected chi connectivity index (χ3v) is 5.87. The molecule has 2 heterocycles. The largest absolute Gasteiger partial charge is 0.444 e. The van der Waals surface area contributed by atoms with E-state index in [0.717, 1.165) is 25.1 Å². The van der Waals surface area contributed by atoms with E-state index in [4.69, 9.17) is 10.5 Å². The number of carbonyl (C=O) groups excluding carboxylic acids is 1. The van der Waals surface area contributed by atoms with Crippen LogP contribution in [-0.4, -0.2) is 51.9 Å². The molecular formula is C18H27N3O3S. The number of fused-ring (bicyclic) bond motifs is 1. The molecule has 2 aliphatic rings. The van der Waals surface area contributed by atoms with Crippen LogP contribution in [-0.2, 0) is 28.5 Å². The van der Waals surface area contributed by atoms with Gasteiger partial charge in [-0.25, -0.2) is 4.79 Å². The Bertz CT molecular complexity index is 690. The Morgan fingerprint density at radius 2 is 1.84 bits per heavy atom. The number of ether oxygens (including phenoxy) is 1. The van der Waals surface area contributed by atoms with Crippen LogP contribution < -0.4 is 10.6 Å². The first-order valence-corrected chi connectivity index (χ1v) is 10.2. The van der Waals surface area contributed by atoms with Gasteiger partial charge in [-0.3, -0.25) is 4.21 Å². The average Bonchev–Trinajstić information content (AvgIpc) is 2.54. The molecule has 25 heavy (non-hydrogen) atoms. The highest BCUT2D eigenvalue weighted by atomic mass is 32.2. The standard InChI is InChI=1S/C18H27N3O3S/c1-18(2,3)24-17(22)21-7-6-13-14(12-21)15(19)4-5-16(13)20-8-10-25(23)11-9-20/h4-5H,6-12,19H2,1-3H3. The summed E-state index contributed by atoms with van der Waals surface area (Å²) in [5, 5.41) is 0. The first-order valence-electron chi connectivity index (χ1n) is 8.72. The number of amides is 1. The molecule has 0 aromatic heterocycles. The van der Waals surface area contributed by atoms with E-state index in [1.54, 1.807) is 4.90 Å². The molecule has 2 N–H and O–H groups in total.